The number of rotatable bonds is 5. The third kappa shape index (κ3) is 3.12. The van der Waals surface area contributed by atoms with Crippen molar-refractivity contribution in [3.8, 4) is 5.75 Å². The van der Waals surface area contributed by atoms with Crippen LogP contribution in [0, 0.1) is 0 Å². The third-order valence-electron chi connectivity index (χ3n) is 2.15. The summed E-state index contributed by atoms with van der Waals surface area (Å²) >= 11 is 0. The molecule has 16 heavy (non-hydrogen) atoms. The Morgan fingerprint density at radius 2 is 2.06 bits per heavy atom. The van der Waals surface area contributed by atoms with E-state index in [2.05, 4.69) is 6.58 Å². The summed E-state index contributed by atoms with van der Waals surface area (Å²) in [7, 11) is 1.59. The summed E-state index contributed by atoms with van der Waals surface area (Å²) in [5, 5.41) is 0. The van der Waals surface area contributed by atoms with Crippen molar-refractivity contribution in [2.45, 2.75) is 13.3 Å². The molecule has 0 saturated heterocycles. The second-order valence-corrected chi connectivity index (χ2v) is 3.29. The highest BCUT2D eigenvalue weighted by Crippen LogP contribution is 2.26. The Hall–Kier alpha value is -1.77. The number of methoxy groups -OCH3 is 1. The zero-order valence-corrected chi connectivity index (χ0v) is 9.66. The lowest BCUT2D eigenvalue weighted by atomic mass is 10.0. The second-order valence-electron chi connectivity index (χ2n) is 3.29. The first kappa shape index (κ1) is 12.3. The third-order valence-corrected chi connectivity index (χ3v) is 2.15. The molecule has 0 atom stereocenters. The van der Waals surface area contributed by atoms with E-state index in [1.807, 2.05) is 24.3 Å². The molecule has 0 amide bonds. The lowest BCUT2D eigenvalue weighted by molar-refractivity contribution is -0.141. The molecule has 0 N–H and O–H groups in total. The second kappa shape index (κ2) is 5.95. The highest BCUT2D eigenvalue weighted by Gasteiger charge is 2.10. The van der Waals surface area contributed by atoms with E-state index >= 15 is 0 Å². The van der Waals surface area contributed by atoms with E-state index in [-0.39, 0.29) is 12.4 Å². The number of esters is 1. The summed E-state index contributed by atoms with van der Waals surface area (Å²) in [5.74, 6) is 0.454. The van der Waals surface area contributed by atoms with Gasteiger partial charge in [-0.2, -0.15) is 0 Å². The van der Waals surface area contributed by atoms with Gasteiger partial charge in [-0.1, -0.05) is 24.8 Å². The number of para-hydroxylation sites is 1. The molecule has 1 aromatic carbocycles. The highest BCUT2D eigenvalue weighted by atomic mass is 16.5. The van der Waals surface area contributed by atoms with Gasteiger partial charge in [-0.25, -0.2) is 0 Å². The van der Waals surface area contributed by atoms with Crippen LogP contribution < -0.4 is 4.74 Å². The summed E-state index contributed by atoms with van der Waals surface area (Å²) in [6, 6.07) is 7.47. The van der Waals surface area contributed by atoms with Crippen LogP contribution in [0.25, 0.3) is 5.57 Å². The summed E-state index contributed by atoms with van der Waals surface area (Å²) in [5.41, 5.74) is 1.55. The van der Waals surface area contributed by atoms with Crippen LogP contribution in [0.15, 0.2) is 30.8 Å². The Balaban J connectivity index is 2.76. The van der Waals surface area contributed by atoms with E-state index in [0.29, 0.717) is 12.2 Å². The van der Waals surface area contributed by atoms with Crippen molar-refractivity contribution in [2.75, 3.05) is 13.7 Å². The maximum absolute atomic E-state index is 11.3. The summed E-state index contributed by atoms with van der Waals surface area (Å²) in [6.45, 7) is 6.04. The standard InChI is InChI=1S/C13H16O3/c1-4-16-13(14)9-10(2)11-7-5-6-8-12(11)15-3/h5-8H,2,4,9H2,1,3H3. The van der Waals surface area contributed by atoms with Gasteiger partial charge in [-0.3, -0.25) is 4.79 Å². The van der Waals surface area contributed by atoms with Crippen LogP contribution in [0.2, 0.25) is 0 Å². The maximum Gasteiger partial charge on any atom is 0.310 e. The molecule has 0 fully saturated rings. The average molecular weight is 220 g/mol. The van der Waals surface area contributed by atoms with E-state index in [1.54, 1.807) is 14.0 Å². The SMILES string of the molecule is C=C(CC(=O)OCC)c1ccccc1OC. The lowest BCUT2D eigenvalue weighted by Gasteiger charge is -2.10. The number of hydrogen-bond acceptors (Lipinski definition) is 3. The van der Waals surface area contributed by atoms with Crippen LogP contribution in [0.1, 0.15) is 18.9 Å². The minimum atomic E-state index is -0.265. The number of benzene rings is 1. The number of hydrogen-bond donors (Lipinski definition) is 0. The lowest BCUT2D eigenvalue weighted by Crippen LogP contribution is -2.04. The van der Waals surface area contributed by atoms with Gasteiger partial charge >= 0.3 is 5.97 Å². The minimum Gasteiger partial charge on any atom is -0.496 e. The zero-order valence-electron chi connectivity index (χ0n) is 9.66. The predicted octanol–water partition coefficient (Wildman–Crippen LogP) is 2.66. The molecule has 0 heterocycles. The minimum absolute atomic E-state index is 0.189. The van der Waals surface area contributed by atoms with Crippen molar-refractivity contribution in [3.05, 3.63) is 36.4 Å². The first-order valence-corrected chi connectivity index (χ1v) is 5.15. The molecule has 0 aliphatic carbocycles. The Kier molecular flexibility index (Phi) is 4.58. The summed E-state index contributed by atoms with van der Waals surface area (Å²) in [4.78, 5) is 11.3. The van der Waals surface area contributed by atoms with E-state index in [0.717, 1.165) is 11.3 Å². The molecule has 0 radical (unpaired) electrons. The quantitative estimate of drug-likeness (QED) is 0.716. The molecular weight excluding hydrogens is 204 g/mol. The van der Waals surface area contributed by atoms with E-state index < -0.39 is 0 Å². The van der Waals surface area contributed by atoms with Crippen molar-refractivity contribution >= 4 is 11.5 Å². The van der Waals surface area contributed by atoms with Crippen LogP contribution in [0.4, 0.5) is 0 Å². The summed E-state index contributed by atoms with van der Waals surface area (Å²) < 4.78 is 10.1. The Morgan fingerprint density at radius 3 is 2.69 bits per heavy atom. The van der Waals surface area contributed by atoms with Crippen molar-refractivity contribution < 1.29 is 14.3 Å². The molecule has 0 unspecified atom stereocenters. The molecule has 0 aliphatic heterocycles. The zero-order chi connectivity index (χ0) is 12.0. The van der Waals surface area contributed by atoms with Gasteiger partial charge in [-0.05, 0) is 18.6 Å². The largest absolute Gasteiger partial charge is 0.496 e. The normalized spacial score (nSPS) is 9.62. The van der Waals surface area contributed by atoms with E-state index in [9.17, 15) is 4.79 Å². The maximum atomic E-state index is 11.3. The van der Waals surface area contributed by atoms with Gasteiger partial charge in [0.05, 0.1) is 20.1 Å². The molecule has 0 aliphatic rings. The molecule has 1 rings (SSSR count). The first-order valence-electron chi connectivity index (χ1n) is 5.15. The Morgan fingerprint density at radius 1 is 1.38 bits per heavy atom. The van der Waals surface area contributed by atoms with E-state index in [1.165, 1.54) is 0 Å². The highest BCUT2D eigenvalue weighted by molar-refractivity contribution is 5.85. The van der Waals surface area contributed by atoms with Crippen molar-refractivity contribution in [3.63, 3.8) is 0 Å². The fourth-order valence-corrected chi connectivity index (χ4v) is 1.42. The van der Waals surface area contributed by atoms with Gasteiger partial charge in [0.15, 0.2) is 0 Å². The number of carbonyl (C=O) groups is 1. The Labute approximate surface area is 95.7 Å². The van der Waals surface area contributed by atoms with Gasteiger partial charge in [0.2, 0.25) is 0 Å². The fourth-order valence-electron chi connectivity index (χ4n) is 1.42. The first-order chi connectivity index (χ1) is 7.69. The molecule has 86 valence electrons. The van der Waals surface area contributed by atoms with Crippen LogP contribution in [-0.2, 0) is 9.53 Å². The van der Waals surface area contributed by atoms with Crippen LogP contribution in [-0.4, -0.2) is 19.7 Å². The van der Waals surface area contributed by atoms with Crippen LogP contribution >= 0.6 is 0 Å². The monoisotopic (exact) mass is 220 g/mol. The van der Waals surface area contributed by atoms with Gasteiger partial charge in [0.25, 0.3) is 0 Å². The van der Waals surface area contributed by atoms with Gasteiger partial charge in [0, 0.05) is 5.56 Å². The topological polar surface area (TPSA) is 35.5 Å². The summed E-state index contributed by atoms with van der Waals surface area (Å²) in [6.07, 6.45) is 0.189. The van der Waals surface area contributed by atoms with Crippen LogP contribution in [0.5, 0.6) is 5.75 Å². The molecule has 0 bridgehead atoms. The van der Waals surface area contributed by atoms with Gasteiger partial charge < -0.3 is 9.47 Å². The molecule has 3 nitrogen and oxygen atoms in total. The van der Waals surface area contributed by atoms with Crippen molar-refractivity contribution in [1.29, 1.82) is 0 Å². The smallest absolute Gasteiger partial charge is 0.310 e. The molecule has 0 saturated carbocycles. The fraction of sp³-hybridized carbons (Fsp3) is 0.308. The molecule has 0 spiro atoms. The molecule has 0 aromatic heterocycles. The van der Waals surface area contributed by atoms with Gasteiger partial charge in [0.1, 0.15) is 5.75 Å². The Bertz CT molecular complexity index is 383. The molecule has 3 heteroatoms. The van der Waals surface area contributed by atoms with Crippen molar-refractivity contribution in [1.82, 2.24) is 0 Å². The van der Waals surface area contributed by atoms with Crippen molar-refractivity contribution in [2.24, 2.45) is 0 Å². The predicted molar refractivity (Wildman–Crippen MR) is 63.3 cm³/mol. The molecule has 1 aromatic rings. The van der Waals surface area contributed by atoms with Crippen LogP contribution in [0.3, 0.4) is 0 Å². The number of carbonyl (C=O) groups excluding carboxylic acids is 1. The van der Waals surface area contributed by atoms with E-state index in [4.69, 9.17) is 9.47 Å². The van der Waals surface area contributed by atoms with Gasteiger partial charge in [-0.15, -0.1) is 0 Å². The molecular formula is C13H16O3. The average Bonchev–Trinajstić information content (AvgIpc) is 2.29. The number of ether oxygens (including phenoxy) is 2.